The van der Waals surface area contributed by atoms with Crippen LogP contribution in [-0.4, -0.2) is 19.1 Å². The fourth-order valence-electron chi connectivity index (χ4n) is 11.2. The lowest BCUT2D eigenvalue weighted by molar-refractivity contribution is 1.07. The molecular formula is C64H36N4S3. The summed E-state index contributed by atoms with van der Waals surface area (Å²) in [5.74, 6) is 1.76. The van der Waals surface area contributed by atoms with Crippen molar-refractivity contribution in [2.75, 3.05) is 0 Å². The van der Waals surface area contributed by atoms with Crippen LogP contribution in [0.3, 0.4) is 0 Å². The van der Waals surface area contributed by atoms with Crippen LogP contribution in [0, 0.1) is 0 Å². The molecule has 0 fully saturated rings. The molecule has 0 aliphatic rings. The molecular weight excluding hydrogens is 921 g/mol. The highest BCUT2D eigenvalue weighted by molar-refractivity contribution is 7.26. The zero-order chi connectivity index (χ0) is 46.3. The minimum absolute atomic E-state index is 0.876. The van der Waals surface area contributed by atoms with Crippen LogP contribution in [-0.2, 0) is 0 Å². The lowest BCUT2D eigenvalue weighted by Crippen LogP contribution is -2.00. The molecule has 16 rings (SSSR count). The van der Waals surface area contributed by atoms with Gasteiger partial charge in [0.25, 0.3) is 0 Å². The quantitative estimate of drug-likeness (QED) is 0.172. The van der Waals surface area contributed by atoms with Gasteiger partial charge in [-0.2, -0.15) is 0 Å². The van der Waals surface area contributed by atoms with Crippen LogP contribution in [0.15, 0.2) is 218 Å². The largest absolute Gasteiger partial charge is 0.294 e. The van der Waals surface area contributed by atoms with Crippen molar-refractivity contribution in [2.24, 2.45) is 0 Å². The molecule has 330 valence electrons. The Morgan fingerprint density at radius 3 is 1.07 bits per heavy atom. The molecule has 7 heteroatoms. The van der Waals surface area contributed by atoms with Gasteiger partial charge in [-0.15, -0.1) is 34.0 Å². The molecule has 0 saturated carbocycles. The Bertz CT molecular complexity index is 4910. The van der Waals surface area contributed by atoms with Crippen molar-refractivity contribution in [3.05, 3.63) is 218 Å². The number of para-hydroxylation sites is 2. The smallest absolute Gasteiger partial charge is 0.138 e. The molecule has 0 spiro atoms. The normalized spacial score (nSPS) is 12.2. The molecule has 7 heterocycles. The van der Waals surface area contributed by atoms with Crippen molar-refractivity contribution in [2.45, 2.75) is 0 Å². The number of benzene rings is 9. The Morgan fingerprint density at radius 2 is 0.606 bits per heavy atom. The molecule has 9 aromatic carbocycles. The maximum absolute atomic E-state index is 5.50. The van der Waals surface area contributed by atoms with Gasteiger partial charge in [0.05, 0.1) is 33.5 Å². The molecule has 4 nitrogen and oxygen atoms in total. The molecule has 71 heavy (non-hydrogen) atoms. The lowest BCUT2D eigenvalue weighted by Gasteiger charge is -2.11. The van der Waals surface area contributed by atoms with Gasteiger partial charge in [-0.3, -0.25) is 9.13 Å². The van der Waals surface area contributed by atoms with Gasteiger partial charge in [0.2, 0.25) is 0 Å². The number of pyridine rings is 2. The van der Waals surface area contributed by atoms with Crippen molar-refractivity contribution in [1.29, 1.82) is 0 Å². The van der Waals surface area contributed by atoms with Crippen molar-refractivity contribution in [3.63, 3.8) is 0 Å². The van der Waals surface area contributed by atoms with Gasteiger partial charge < -0.3 is 0 Å². The van der Waals surface area contributed by atoms with E-state index in [1.807, 2.05) is 34.0 Å². The maximum Gasteiger partial charge on any atom is 0.138 e. The summed E-state index contributed by atoms with van der Waals surface area (Å²) >= 11 is 5.56. The first-order chi connectivity index (χ1) is 35.1. The molecule has 0 N–H and O–H groups in total. The monoisotopic (exact) mass is 956 g/mol. The van der Waals surface area contributed by atoms with Gasteiger partial charge in [-0.05, 0) is 120 Å². The fourth-order valence-corrected chi connectivity index (χ4v) is 14.5. The first-order valence-electron chi connectivity index (χ1n) is 23.9. The van der Waals surface area contributed by atoms with E-state index in [9.17, 15) is 0 Å². The van der Waals surface area contributed by atoms with E-state index >= 15 is 0 Å². The van der Waals surface area contributed by atoms with Crippen LogP contribution in [0.25, 0.3) is 149 Å². The van der Waals surface area contributed by atoms with E-state index in [1.165, 1.54) is 93.2 Å². The Balaban J connectivity index is 0.834. The van der Waals surface area contributed by atoms with E-state index in [2.05, 4.69) is 228 Å². The molecule has 16 aromatic rings. The fraction of sp³-hybridized carbons (Fsp3) is 0. The van der Waals surface area contributed by atoms with Crippen LogP contribution in [0.5, 0.6) is 0 Å². The number of hydrogen-bond acceptors (Lipinski definition) is 5. The second-order valence-electron chi connectivity index (χ2n) is 18.5. The third-order valence-corrected chi connectivity index (χ3v) is 18.0. The van der Waals surface area contributed by atoms with Crippen LogP contribution >= 0.6 is 34.0 Å². The molecule has 0 bridgehead atoms. The minimum atomic E-state index is 0.876. The third kappa shape index (κ3) is 5.95. The summed E-state index contributed by atoms with van der Waals surface area (Å²) in [6, 6.07) is 80.0. The summed E-state index contributed by atoms with van der Waals surface area (Å²) in [5, 5.41) is 12.5. The summed E-state index contributed by atoms with van der Waals surface area (Å²) < 4.78 is 12.5. The lowest BCUT2D eigenvalue weighted by atomic mass is 10.00. The molecule has 0 radical (unpaired) electrons. The van der Waals surface area contributed by atoms with E-state index in [0.717, 1.165) is 56.2 Å². The SMILES string of the molecule is c1cc(-c2ccc3sc4ccccc4c3c2)nc(-n2c3ccccc3c3cc4c5ccccc5n(-c5cccc(-c6ccc7sc8ccc(-c9ccc%10sc%11ccccc%11c%10c9)cc8c7c6)n5)c4cc32)c1. The highest BCUT2D eigenvalue weighted by Crippen LogP contribution is 2.43. The van der Waals surface area contributed by atoms with Gasteiger partial charge in [-0.25, -0.2) is 9.97 Å². The number of rotatable bonds is 5. The van der Waals surface area contributed by atoms with Crippen molar-refractivity contribution in [1.82, 2.24) is 19.1 Å². The van der Waals surface area contributed by atoms with Crippen molar-refractivity contribution < 1.29 is 0 Å². The predicted molar refractivity (Wildman–Crippen MR) is 306 cm³/mol. The molecule has 0 saturated heterocycles. The minimum Gasteiger partial charge on any atom is -0.294 e. The highest BCUT2D eigenvalue weighted by atomic mass is 32.1. The zero-order valence-corrected chi connectivity index (χ0v) is 40.2. The maximum atomic E-state index is 5.50. The molecule has 0 atom stereocenters. The molecule has 0 aliphatic carbocycles. The van der Waals surface area contributed by atoms with Gasteiger partial charge in [0.1, 0.15) is 11.6 Å². The van der Waals surface area contributed by atoms with Gasteiger partial charge in [0, 0.05) is 93.2 Å². The van der Waals surface area contributed by atoms with Gasteiger partial charge in [0.15, 0.2) is 0 Å². The molecule has 0 aliphatic heterocycles. The zero-order valence-electron chi connectivity index (χ0n) is 37.8. The van der Waals surface area contributed by atoms with Crippen LogP contribution in [0.1, 0.15) is 0 Å². The second-order valence-corrected chi connectivity index (χ2v) is 21.7. The van der Waals surface area contributed by atoms with E-state index < -0.39 is 0 Å². The Hall–Kier alpha value is -8.46. The summed E-state index contributed by atoms with van der Waals surface area (Å²) in [5.41, 5.74) is 11.0. The summed E-state index contributed by atoms with van der Waals surface area (Å²) in [6.07, 6.45) is 0. The van der Waals surface area contributed by atoms with Crippen LogP contribution in [0.2, 0.25) is 0 Å². The average Bonchev–Trinajstić information content (AvgIpc) is 4.24. The molecule has 7 aromatic heterocycles. The Morgan fingerprint density at radius 1 is 0.239 bits per heavy atom. The third-order valence-electron chi connectivity index (χ3n) is 14.5. The summed E-state index contributed by atoms with van der Waals surface area (Å²) in [7, 11) is 0. The number of thiophene rings is 3. The standard InChI is InChI=1S/C64H36N4S3/c1-5-17-53-41(11-1)45-35-46-42-12-2-6-18-54(42)68(56(46)36-55(45)67(53)63-21-9-15-51(65-63)39-25-29-60-48(33-39)44-14-4-8-20-58(44)70-60)64-22-10-16-52(66-64)40-26-30-62-50(34-40)49-32-38(24-28-61(49)71-62)37-23-27-59-47(31-37)43-13-3-7-19-57(43)69-59/h1-36H. The number of aromatic nitrogens is 4. The second kappa shape index (κ2) is 15.0. The Kier molecular flexibility index (Phi) is 8.33. The molecule has 0 amide bonds. The van der Waals surface area contributed by atoms with E-state index in [4.69, 9.17) is 9.97 Å². The number of fused-ring (bicyclic) bond motifs is 15. The number of nitrogens with zero attached hydrogens (tertiary/aromatic N) is 4. The predicted octanol–water partition coefficient (Wildman–Crippen LogP) is 18.8. The van der Waals surface area contributed by atoms with E-state index in [-0.39, 0.29) is 0 Å². The Labute approximate surface area is 418 Å². The highest BCUT2D eigenvalue weighted by Gasteiger charge is 2.21. The van der Waals surface area contributed by atoms with E-state index in [1.54, 1.807) is 0 Å². The topological polar surface area (TPSA) is 35.6 Å². The summed E-state index contributed by atoms with van der Waals surface area (Å²) in [6.45, 7) is 0. The first-order valence-corrected chi connectivity index (χ1v) is 26.3. The van der Waals surface area contributed by atoms with Crippen LogP contribution < -0.4 is 0 Å². The van der Waals surface area contributed by atoms with Gasteiger partial charge in [-0.1, -0.05) is 109 Å². The van der Waals surface area contributed by atoms with Crippen molar-refractivity contribution >= 4 is 138 Å². The number of hydrogen-bond donors (Lipinski definition) is 0. The summed E-state index contributed by atoms with van der Waals surface area (Å²) in [4.78, 5) is 10.9. The van der Waals surface area contributed by atoms with Gasteiger partial charge >= 0.3 is 0 Å². The molecule has 0 unspecified atom stereocenters. The van der Waals surface area contributed by atoms with Crippen LogP contribution in [0.4, 0.5) is 0 Å². The van der Waals surface area contributed by atoms with E-state index in [0.29, 0.717) is 0 Å². The first kappa shape index (κ1) is 39.4. The van der Waals surface area contributed by atoms with Crippen molar-refractivity contribution in [3.8, 4) is 45.3 Å². The average molecular weight is 957 g/mol.